The lowest BCUT2D eigenvalue weighted by Gasteiger charge is -2.17. The second-order valence-corrected chi connectivity index (χ2v) is 8.43. The lowest BCUT2D eigenvalue weighted by molar-refractivity contribution is 0.356. The third-order valence-corrected chi connectivity index (χ3v) is 6.14. The van der Waals surface area contributed by atoms with Crippen LogP contribution in [0, 0.1) is 0 Å². The predicted molar refractivity (Wildman–Crippen MR) is 127 cm³/mol. The Hall–Kier alpha value is -3.86. The average Bonchev–Trinajstić information content (AvgIpc) is 3.48. The van der Waals surface area contributed by atoms with Crippen LogP contribution in [-0.4, -0.2) is 43.0 Å². The van der Waals surface area contributed by atoms with Crippen molar-refractivity contribution in [3.63, 3.8) is 0 Å². The molecule has 3 N–H and O–H groups in total. The maximum atomic E-state index is 12.9. The van der Waals surface area contributed by atoms with Gasteiger partial charge in [-0.2, -0.15) is 10.2 Å². The summed E-state index contributed by atoms with van der Waals surface area (Å²) in [5.41, 5.74) is 9.97. The summed E-state index contributed by atoms with van der Waals surface area (Å²) in [7, 11) is 3.26. The van der Waals surface area contributed by atoms with Crippen LogP contribution in [0.1, 0.15) is 6.92 Å². The minimum absolute atomic E-state index is 0.355. The van der Waals surface area contributed by atoms with Crippen molar-refractivity contribution in [1.82, 2.24) is 24.5 Å². The average molecular weight is 468 g/mol. The molecule has 0 aliphatic heterocycles. The smallest absolute Gasteiger partial charge is 0.184 e. The first kappa shape index (κ1) is 22.3. The molecule has 0 saturated heterocycles. The fourth-order valence-electron chi connectivity index (χ4n) is 3.40. The molecule has 0 aliphatic carbocycles. The number of aryl methyl sites for hydroxylation is 2. The van der Waals surface area contributed by atoms with Gasteiger partial charge in [0, 0.05) is 48.9 Å². The zero-order chi connectivity index (χ0) is 23.5. The van der Waals surface area contributed by atoms with Crippen LogP contribution in [0.2, 0.25) is 0 Å². The van der Waals surface area contributed by atoms with Crippen molar-refractivity contribution in [3.8, 4) is 33.8 Å². The molecule has 1 unspecified atom stereocenters. The number of methoxy groups -OCH3 is 2. The summed E-state index contributed by atoms with van der Waals surface area (Å²) in [5, 5.41) is 8.41. The van der Waals surface area contributed by atoms with Gasteiger partial charge in [-0.05, 0) is 30.7 Å². The van der Waals surface area contributed by atoms with Crippen molar-refractivity contribution >= 4 is 22.5 Å². The van der Waals surface area contributed by atoms with Gasteiger partial charge in [0.15, 0.2) is 22.5 Å². The summed E-state index contributed by atoms with van der Waals surface area (Å²) in [4.78, 5) is 4.91. The first-order valence-corrected chi connectivity index (χ1v) is 11.3. The molecule has 0 saturated carbocycles. The zero-order valence-corrected chi connectivity index (χ0v) is 19.6. The molecule has 3 aromatic heterocycles. The number of benzene rings is 1. The predicted octanol–water partition coefficient (Wildman–Crippen LogP) is 3.10. The molecule has 11 heteroatoms. The van der Waals surface area contributed by atoms with E-state index in [0.29, 0.717) is 33.5 Å². The van der Waals surface area contributed by atoms with Crippen molar-refractivity contribution in [2.24, 2.45) is 7.05 Å². The Labute approximate surface area is 193 Å². The summed E-state index contributed by atoms with van der Waals surface area (Å²) < 4.78 is 30.4. The quantitative estimate of drug-likeness (QED) is 0.408. The van der Waals surface area contributed by atoms with Gasteiger partial charge in [0.05, 0.1) is 37.2 Å². The Kier molecular flexibility index (Phi) is 6.31. The number of anilines is 2. The summed E-state index contributed by atoms with van der Waals surface area (Å²) in [5.74, 6) is 1.24. The van der Waals surface area contributed by atoms with Crippen LogP contribution >= 0.6 is 0 Å². The lowest BCUT2D eigenvalue weighted by atomic mass is 10.0. The highest BCUT2D eigenvalue weighted by atomic mass is 32.2. The SMILES string of the molecule is CCn1cc(-c2cnc(N)c(-c3cc(NS(=O)c4cnn(C)c4)c(OC)c(OC)c3)c2)cn1. The van der Waals surface area contributed by atoms with Crippen molar-refractivity contribution < 1.29 is 13.7 Å². The van der Waals surface area contributed by atoms with Crippen molar-refractivity contribution in [3.05, 3.63) is 49.2 Å². The van der Waals surface area contributed by atoms with Gasteiger partial charge in [-0.1, -0.05) is 0 Å². The van der Waals surface area contributed by atoms with E-state index in [4.69, 9.17) is 15.2 Å². The molecule has 33 heavy (non-hydrogen) atoms. The van der Waals surface area contributed by atoms with Gasteiger partial charge in [0.25, 0.3) is 0 Å². The Morgan fingerprint density at radius 1 is 1.03 bits per heavy atom. The zero-order valence-electron chi connectivity index (χ0n) is 18.8. The minimum atomic E-state index is -1.56. The van der Waals surface area contributed by atoms with E-state index in [-0.39, 0.29) is 0 Å². The number of ether oxygens (including phenoxy) is 2. The third-order valence-electron chi connectivity index (χ3n) is 5.10. The standard InChI is InChI=1S/C22H25N7O3S/c1-5-29-12-16(10-26-29)15-6-18(22(23)24-9-15)14-7-19(21(32-4)20(8-14)31-3)27-33(30)17-11-25-28(2)13-17/h6-13,27H,5H2,1-4H3,(H2,23,24). The normalized spacial score (nSPS) is 11.9. The van der Waals surface area contributed by atoms with Crippen LogP contribution in [-0.2, 0) is 24.6 Å². The molecule has 1 atom stereocenters. The van der Waals surface area contributed by atoms with Crippen LogP contribution in [0.3, 0.4) is 0 Å². The van der Waals surface area contributed by atoms with E-state index in [1.54, 1.807) is 43.6 Å². The number of aromatic nitrogens is 5. The molecular weight excluding hydrogens is 442 g/mol. The molecule has 3 heterocycles. The Bertz CT molecular complexity index is 1320. The molecule has 0 aliphatic rings. The Balaban J connectivity index is 1.78. The van der Waals surface area contributed by atoms with Crippen molar-refractivity contribution in [1.29, 1.82) is 0 Å². The van der Waals surface area contributed by atoms with E-state index >= 15 is 0 Å². The second kappa shape index (κ2) is 9.33. The molecule has 1 aromatic carbocycles. The molecular formula is C22H25N7O3S. The van der Waals surface area contributed by atoms with Gasteiger partial charge in [0.2, 0.25) is 0 Å². The van der Waals surface area contributed by atoms with E-state index in [2.05, 4.69) is 19.9 Å². The first-order chi connectivity index (χ1) is 15.9. The van der Waals surface area contributed by atoms with Crippen molar-refractivity contribution in [2.75, 3.05) is 24.7 Å². The van der Waals surface area contributed by atoms with Crippen LogP contribution in [0.15, 0.2) is 54.1 Å². The Morgan fingerprint density at radius 3 is 2.48 bits per heavy atom. The number of hydrogen-bond acceptors (Lipinski definition) is 7. The first-order valence-electron chi connectivity index (χ1n) is 10.1. The molecule has 10 nitrogen and oxygen atoms in total. The van der Waals surface area contributed by atoms with Crippen LogP contribution < -0.4 is 19.9 Å². The topological polar surface area (TPSA) is 122 Å². The summed E-state index contributed by atoms with van der Waals surface area (Å²) in [6.07, 6.45) is 8.68. The molecule has 0 bridgehead atoms. The van der Waals surface area contributed by atoms with Gasteiger partial charge in [0.1, 0.15) is 5.82 Å². The van der Waals surface area contributed by atoms with E-state index in [0.717, 1.165) is 23.2 Å². The Morgan fingerprint density at radius 2 is 1.85 bits per heavy atom. The number of hydrogen-bond donors (Lipinski definition) is 2. The number of rotatable bonds is 8. The highest BCUT2D eigenvalue weighted by Crippen LogP contribution is 2.42. The number of nitrogen functional groups attached to an aromatic ring is 1. The van der Waals surface area contributed by atoms with Crippen LogP contribution in [0.25, 0.3) is 22.3 Å². The van der Waals surface area contributed by atoms with E-state index in [9.17, 15) is 4.21 Å². The largest absolute Gasteiger partial charge is 0.493 e. The number of pyridine rings is 1. The van der Waals surface area contributed by atoms with Gasteiger partial charge in [-0.15, -0.1) is 0 Å². The summed E-state index contributed by atoms with van der Waals surface area (Å²) in [6.45, 7) is 2.80. The van der Waals surface area contributed by atoms with E-state index < -0.39 is 11.0 Å². The number of nitrogens with one attached hydrogen (secondary N) is 1. The maximum absolute atomic E-state index is 12.9. The highest BCUT2D eigenvalue weighted by Gasteiger charge is 2.18. The van der Waals surface area contributed by atoms with E-state index in [1.165, 1.54) is 7.11 Å². The fourth-order valence-corrected chi connectivity index (χ4v) is 4.26. The molecule has 4 aromatic rings. The molecule has 172 valence electrons. The van der Waals surface area contributed by atoms with Crippen LogP contribution in [0.5, 0.6) is 11.5 Å². The highest BCUT2D eigenvalue weighted by molar-refractivity contribution is 7.86. The third kappa shape index (κ3) is 4.53. The lowest BCUT2D eigenvalue weighted by Crippen LogP contribution is -2.07. The fraction of sp³-hybridized carbons (Fsp3) is 0.227. The molecule has 0 radical (unpaired) electrons. The van der Waals surface area contributed by atoms with Crippen molar-refractivity contribution in [2.45, 2.75) is 18.4 Å². The monoisotopic (exact) mass is 467 g/mol. The van der Waals surface area contributed by atoms with Gasteiger partial charge >= 0.3 is 0 Å². The molecule has 0 fully saturated rings. The number of nitrogens with zero attached hydrogens (tertiary/aromatic N) is 5. The summed E-state index contributed by atoms with van der Waals surface area (Å²) >= 11 is 0. The van der Waals surface area contributed by atoms with Crippen LogP contribution in [0.4, 0.5) is 11.5 Å². The number of nitrogens with two attached hydrogens (primary N) is 1. The second-order valence-electron chi connectivity index (χ2n) is 7.22. The minimum Gasteiger partial charge on any atom is -0.493 e. The van der Waals surface area contributed by atoms with Gasteiger partial charge in [-0.25, -0.2) is 9.19 Å². The summed E-state index contributed by atoms with van der Waals surface area (Å²) in [6, 6.07) is 5.56. The molecule has 0 spiro atoms. The van der Waals surface area contributed by atoms with Gasteiger partial charge < -0.3 is 15.2 Å². The van der Waals surface area contributed by atoms with E-state index in [1.807, 2.05) is 36.0 Å². The molecule has 4 rings (SSSR count). The van der Waals surface area contributed by atoms with Gasteiger partial charge in [-0.3, -0.25) is 14.1 Å². The maximum Gasteiger partial charge on any atom is 0.184 e. The molecule has 0 amide bonds.